The first kappa shape index (κ1) is 23.0. The maximum atomic E-state index is 13.2. The minimum atomic E-state index is -0.487. The molecule has 0 radical (unpaired) electrons. The predicted octanol–water partition coefficient (Wildman–Crippen LogP) is 4.65. The van der Waals surface area contributed by atoms with Gasteiger partial charge in [0.1, 0.15) is 6.04 Å². The van der Waals surface area contributed by atoms with Gasteiger partial charge in [0.25, 0.3) is 0 Å². The second kappa shape index (κ2) is 11.6. The zero-order valence-electron chi connectivity index (χ0n) is 17.5. The van der Waals surface area contributed by atoms with E-state index >= 15 is 0 Å². The van der Waals surface area contributed by atoms with Crippen LogP contribution in [0.25, 0.3) is 0 Å². The van der Waals surface area contributed by atoms with E-state index in [1.165, 1.54) is 0 Å². The van der Waals surface area contributed by atoms with Crippen LogP contribution in [0.3, 0.4) is 0 Å². The number of nitrogens with one attached hydrogen (secondary N) is 1. The van der Waals surface area contributed by atoms with Gasteiger partial charge in [0.15, 0.2) is 0 Å². The van der Waals surface area contributed by atoms with E-state index in [0.29, 0.717) is 24.4 Å². The van der Waals surface area contributed by atoms with Crippen molar-refractivity contribution in [3.63, 3.8) is 0 Å². The molecule has 4 nitrogen and oxygen atoms in total. The zero-order valence-corrected chi connectivity index (χ0v) is 18.3. The van der Waals surface area contributed by atoms with Gasteiger partial charge in [-0.1, -0.05) is 67.9 Å². The number of carbonyl (C=O) groups excluding carboxylic acids is 2. The van der Waals surface area contributed by atoms with Gasteiger partial charge >= 0.3 is 0 Å². The smallest absolute Gasteiger partial charge is 0.243 e. The number of hydrogen-bond donors (Lipinski definition) is 1. The normalized spacial score (nSPS) is 12.8. The molecule has 0 aliphatic carbocycles. The van der Waals surface area contributed by atoms with Crippen LogP contribution in [0, 0.1) is 0 Å². The van der Waals surface area contributed by atoms with Gasteiger partial charge in [0.2, 0.25) is 11.8 Å². The first-order chi connectivity index (χ1) is 13.9. The number of rotatable bonds is 10. The lowest BCUT2D eigenvalue weighted by Gasteiger charge is -2.31. The van der Waals surface area contributed by atoms with E-state index in [0.717, 1.165) is 17.5 Å². The average Bonchev–Trinajstić information content (AvgIpc) is 2.71. The van der Waals surface area contributed by atoms with Gasteiger partial charge in [-0.2, -0.15) is 0 Å². The molecule has 2 aromatic rings. The number of benzene rings is 2. The van der Waals surface area contributed by atoms with Crippen molar-refractivity contribution in [3.05, 3.63) is 70.7 Å². The molecule has 0 spiro atoms. The van der Waals surface area contributed by atoms with E-state index in [-0.39, 0.29) is 24.3 Å². The monoisotopic (exact) mass is 414 g/mol. The third kappa shape index (κ3) is 7.21. The van der Waals surface area contributed by atoms with Crippen molar-refractivity contribution in [2.45, 2.75) is 58.5 Å². The summed E-state index contributed by atoms with van der Waals surface area (Å²) in [7, 11) is 0. The Balaban J connectivity index is 2.20. The van der Waals surface area contributed by atoms with Gasteiger partial charge < -0.3 is 10.2 Å². The summed E-state index contributed by atoms with van der Waals surface area (Å²) in [5, 5.41) is 3.64. The van der Waals surface area contributed by atoms with Gasteiger partial charge in [-0.15, -0.1) is 0 Å². The Labute approximate surface area is 179 Å². The fourth-order valence-corrected chi connectivity index (χ4v) is 3.47. The first-order valence-corrected chi connectivity index (χ1v) is 10.7. The van der Waals surface area contributed by atoms with E-state index in [4.69, 9.17) is 11.6 Å². The molecule has 0 unspecified atom stereocenters. The maximum Gasteiger partial charge on any atom is 0.243 e. The van der Waals surface area contributed by atoms with Crippen molar-refractivity contribution in [1.82, 2.24) is 10.2 Å². The number of nitrogens with zero attached hydrogens (tertiary/aromatic N) is 1. The molecular weight excluding hydrogens is 384 g/mol. The molecule has 0 saturated heterocycles. The number of halogens is 1. The molecule has 1 N–H and O–H groups in total. The quantitative estimate of drug-likeness (QED) is 0.615. The molecule has 0 aliphatic heterocycles. The molecule has 156 valence electrons. The first-order valence-electron chi connectivity index (χ1n) is 10.3. The highest BCUT2D eigenvalue weighted by Gasteiger charge is 2.28. The van der Waals surface area contributed by atoms with E-state index in [1.54, 1.807) is 17.0 Å². The minimum absolute atomic E-state index is 0.0608. The largest absolute Gasteiger partial charge is 0.352 e. The molecule has 0 aromatic heterocycles. The Bertz CT molecular complexity index is 794. The fourth-order valence-electron chi connectivity index (χ4n) is 3.26. The molecule has 29 heavy (non-hydrogen) atoms. The van der Waals surface area contributed by atoms with Crippen LogP contribution >= 0.6 is 11.6 Å². The van der Waals surface area contributed by atoms with Gasteiger partial charge in [-0.25, -0.2) is 0 Å². The molecule has 0 heterocycles. The molecule has 0 saturated carbocycles. The summed E-state index contributed by atoms with van der Waals surface area (Å²) in [4.78, 5) is 27.8. The summed E-state index contributed by atoms with van der Waals surface area (Å²) in [5.74, 6) is -0.149. The van der Waals surface area contributed by atoms with E-state index in [2.05, 4.69) is 5.32 Å². The van der Waals surface area contributed by atoms with E-state index < -0.39 is 6.04 Å². The summed E-state index contributed by atoms with van der Waals surface area (Å²) >= 11 is 6.07. The zero-order chi connectivity index (χ0) is 21.2. The second-order valence-corrected chi connectivity index (χ2v) is 7.81. The second-order valence-electron chi connectivity index (χ2n) is 7.37. The third-order valence-corrected chi connectivity index (χ3v) is 5.35. The van der Waals surface area contributed by atoms with Crippen molar-refractivity contribution in [1.29, 1.82) is 0 Å². The van der Waals surface area contributed by atoms with Crippen LogP contribution in [0.15, 0.2) is 54.6 Å². The highest BCUT2D eigenvalue weighted by molar-refractivity contribution is 6.30. The molecular formula is C24H31ClN2O2. The standard InChI is InChI=1S/C24H31ClN2O2/c1-4-18(3)26-24(29)22(5-2)27(15-14-19-10-7-6-8-11-19)23(28)17-20-12-9-13-21(25)16-20/h6-13,16,18,22H,4-5,14-15,17H2,1-3H3,(H,26,29)/t18-,22-/m0/s1. The minimum Gasteiger partial charge on any atom is -0.352 e. The Morgan fingerprint density at radius 3 is 2.31 bits per heavy atom. The van der Waals surface area contributed by atoms with Crippen LogP contribution in [0.1, 0.15) is 44.7 Å². The highest BCUT2D eigenvalue weighted by atomic mass is 35.5. The summed E-state index contributed by atoms with van der Waals surface area (Å²) in [6.07, 6.45) is 2.35. The lowest BCUT2D eigenvalue weighted by atomic mass is 10.1. The highest BCUT2D eigenvalue weighted by Crippen LogP contribution is 2.15. The lowest BCUT2D eigenvalue weighted by molar-refractivity contribution is -0.140. The van der Waals surface area contributed by atoms with Crippen molar-refractivity contribution in [2.75, 3.05) is 6.54 Å². The van der Waals surface area contributed by atoms with Gasteiger partial charge in [-0.3, -0.25) is 9.59 Å². The molecule has 0 bridgehead atoms. The molecule has 2 amide bonds. The van der Waals surface area contributed by atoms with E-state index in [1.807, 2.05) is 63.2 Å². The Morgan fingerprint density at radius 1 is 1.00 bits per heavy atom. The molecule has 2 rings (SSSR count). The summed E-state index contributed by atoms with van der Waals surface area (Å²) in [6.45, 7) is 6.45. The van der Waals surface area contributed by atoms with Crippen LogP contribution in [0.4, 0.5) is 0 Å². The Morgan fingerprint density at radius 2 is 1.69 bits per heavy atom. The Kier molecular flexibility index (Phi) is 9.20. The third-order valence-electron chi connectivity index (χ3n) is 5.12. The SMILES string of the molecule is CC[C@H](C)NC(=O)[C@H](CC)N(CCc1ccccc1)C(=O)Cc1cccc(Cl)c1. The maximum absolute atomic E-state index is 13.2. The lowest BCUT2D eigenvalue weighted by Crippen LogP contribution is -2.52. The van der Waals surface area contributed by atoms with Crippen LogP contribution in [-0.4, -0.2) is 35.3 Å². The predicted molar refractivity (Wildman–Crippen MR) is 119 cm³/mol. The van der Waals surface area contributed by atoms with Crippen molar-refractivity contribution in [3.8, 4) is 0 Å². The molecule has 2 atom stereocenters. The van der Waals surface area contributed by atoms with Crippen LogP contribution < -0.4 is 5.32 Å². The van der Waals surface area contributed by atoms with Crippen molar-refractivity contribution in [2.24, 2.45) is 0 Å². The van der Waals surface area contributed by atoms with Gasteiger partial charge in [0, 0.05) is 17.6 Å². The average molecular weight is 415 g/mol. The van der Waals surface area contributed by atoms with Crippen LogP contribution in [-0.2, 0) is 22.4 Å². The molecule has 5 heteroatoms. The van der Waals surface area contributed by atoms with E-state index in [9.17, 15) is 9.59 Å². The van der Waals surface area contributed by atoms with Crippen molar-refractivity contribution < 1.29 is 9.59 Å². The van der Waals surface area contributed by atoms with Gasteiger partial charge in [0.05, 0.1) is 6.42 Å². The number of carbonyl (C=O) groups is 2. The van der Waals surface area contributed by atoms with Crippen molar-refractivity contribution >= 4 is 23.4 Å². The summed E-state index contributed by atoms with van der Waals surface area (Å²) < 4.78 is 0. The summed E-state index contributed by atoms with van der Waals surface area (Å²) in [6, 6.07) is 16.9. The van der Waals surface area contributed by atoms with Crippen LogP contribution in [0.2, 0.25) is 5.02 Å². The number of hydrogen-bond acceptors (Lipinski definition) is 2. The van der Waals surface area contributed by atoms with Gasteiger partial charge in [-0.05, 0) is 49.4 Å². The fraction of sp³-hybridized carbons (Fsp3) is 0.417. The Hall–Kier alpha value is -2.33. The molecule has 0 aliphatic rings. The molecule has 0 fully saturated rings. The topological polar surface area (TPSA) is 49.4 Å². The number of amides is 2. The molecule has 2 aromatic carbocycles. The van der Waals surface area contributed by atoms with Crippen LogP contribution in [0.5, 0.6) is 0 Å². The summed E-state index contributed by atoms with van der Waals surface area (Å²) in [5.41, 5.74) is 2.00.